The van der Waals surface area contributed by atoms with E-state index in [1.54, 1.807) is 0 Å². The molecule has 1 nitrogen and oxygen atoms in total. The maximum atomic E-state index is 3.81. The van der Waals surface area contributed by atoms with E-state index in [9.17, 15) is 0 Å². The van der Waals surface area contributed by atoms with Crippen LogP contribution in [-0.4, -0.2) is 6.54 Å². The van der Waals surface area contributed by atoms with E-state index in [2.05, 4.69) is 113 Å². The lowest BCUT2D eigenvalue weighted by molar-refractivity contribution is 1.04. The zero-order chi connectivity index (χ0) is 22.1. The van der Waals surface area contributed by atoms with Crippen LogP contribution >= 0.6 is 31.9 Å². The second-order valence-corrected chi connectivity index (χ2v) is 10.1. The third kappa shape index (κ3) is 4.44. The van der Waals surface area contributed by atoms with Crippen molar-refractivity contribution in [3.8, 4) is 0 Å². The SMILES string of the molecule is C=C/C=C(C)\C=C/CN(c1ccc(Br)c2c1CC(C)=C2)c1ccc(Br)c2c1CC(C)=C2. The summed E-state index contributed by atoms with van der Waals surface area (Å²) in [5.41, 5.74) is 12.0. The topological polar surface area (TPSA) is 3.24 Å². The molecule has 158 valence electrons. The summed E-state index contributed by atoms with van der Waals surface area (Å²) in [6, 6.07) is 8.90. The van der Waals surface area contributed by atoms with E-state index in [1.807, 2.05) is 12.2 Å². The van der Waals surface area contributed by atoms with Crippen LogP contribution in [0.4, 0.5) is 11.4 Å². The molecule has 0 spiro atoms. The molecular formula is C28H27Br2N. The number of anilines is 2. The highest BCUT2D eigenvalue weighted by atomic mass is 79.9. The zero-order valence-electron chi connectivity index (χ0n) is 18.3. The molecule has 4 rings (SSSR count). The Morgan fingerprint density at radius 3 is 1.94 bits per heavy atom. The Labute approximate surface area is 202 Å². The number of hydrogen-bond donors (Lipinski definition) is 0. The van der Waals surface area contributed by atoms with Gasteiger partial charge in [0.2, 0.25) is 0 Å². The van der Waals surface area contributed by atoms with Crippen LogP contribution in [0.2, 0.25) is 0 Å². The molecule has 2 aromatic carbocycles. The van der Waals surface area contributed by atoms with Gasteiger partial charge in [-0.1, -0.05) is 91.6 Å². The smallest absolute Gasteiger partial charge is 0.0456 e. The van der Waals surface area contributed by atoms with Crippen molar-refractivity contribution in [3.05, 3.63) is 103 Å². The molecule has 0 atom stereocenters. The number of allylic oxidation sites excluding steroid dienone is 6. The van der Waals surface area contributed by atoms with Gasteiger partial charge in [-0.25, -0.2) is 0 Å². The van der Waals surface area contributed by atoms with E-state index >= 15 is 0 Å². The average molecular weight is 537 g/mol. The molecule has 0 amide bonds. The maximum absolute atomic E-state index is 3.81. The van der Waals surface area contributed by atoms with Gasteiger partial charge in [0.05, 0.1) is 0 Å². The fourth-order valence-corrected chi connectivity index (χ4v) is 5.47. The Hall–Kier alpha value is -2.10. The fraction of sp³-hybridized carbons (Fsp3) is 0.214. The summed E-state index contributed by atoms with van der Waals surface area (Å²) in [5, 5.41) is 0. The first-order valence-corrected chi connectivity index (χ1v) is 12.2. The van der Waals surface area contributed by atoms with E-state index in [-0.39, 0.29) is 0 Å². The molecule has 0 saturated carbocycles. The van der Waals surface area contributed by atoms with Gasteiger partial charge in [-0.15, -0.1) is 0 Å². The maximum Gasteiger partial charge on any atom is 0.0456 e. The van der Waals surface area contributed by atoms with E-state index < -0.39 is 0 Å². The molecule has 2 aliphatic rings. The quantitative estimate of drug-likeness (QED) is 0.333. The van der Waals surface area contributed by atoms with Crippen LogP contribution in [0.1, 0.15) is 43.0 Å². The van der Waals surface area contributed by atoms with Crippen LogP contribution in [0.3, 0.4) is 0 Å². The van der Waals surface area contributed by atoms with Crippen molar-refractivity contribution in [2.24, 2.45) is 0 Å². The summed E-state index contributed by atoms with van der Waals surface area (Å²) < 4.78 is 2.34. The van der Waals surface area contributed by atoms with Gasteiger partial charge in [-0.3, -0.25) is 0 Å². The van der Waals surface area contributed by atoms with E-state index in [1.165, 1.54) is 59.3 Å². The Morgan fingerprint density at radius 2 is 1.45 bits per heavy atom. The summed E-state index contributed by atoms with van der Waals surface area (Å²) in [4.78, 5) is 2.48. The Morgan fingerprint density at radius 1 is 0.935 bits per heavy atom. The van der Waals surface area contributed by atoms with Crippen LogP contribution in [0, 0.1) is 0 Å². The second-order valence-electron chi connectivity index (χ2n) is 8.41. The van der Waals surface area contributed by atoms with Crippen LogP contribution in [-0.2, 0) is 12.8 Å². The third-order valence-corrected chi connectivity index (χ3v) is 7.27. The largest absolute Gasteiger partial charge is 0.337 e. The molecule has 0 radical (unpaired) electrons. The number of nitrogens with zero attached hydrogens (tertiary/aromatic N) is 1. The van der Waals surface area contributed by atoms with Crippen molar-refractivity contribution in [1.82, 2.24) is 0 Å². The first-order valence-electron chi connectivity index (χ1n) is 10.6. The monoisotopic (exact) mass is 535 g/mol. The van der Waals surface area contributed by atoms with Gasteiger partial charge in [-0.05, 0) is 80.1 Å². The first kappa shape index (κ1) is 22.1. The molecule has 3 heteroatoms. The molecule has 2 aromatic rings. The third-order valence-electron chi connectivity index (χ3n) is 5.88. The Kier molecular flexibility index (Phi) is 6.55. The van der Waals surface area contributed by atoms with Gasteiger partial charge in [0.15, 0.2) is 0 Å². The number of benzene rings is 2. The lowest BCUT2D eigenvalue weighted by atomic mass is 10.0. The fourth-order valence-electron chi connectivity index (χ4n) is 4.50. The standard InChI is InChI=1S/C28H27Br2N/c1-5-7-18(2)8-6-13-31(27-11-9-25(29)21-14-19(3)16-23(21)27)28-12-10-26(30)22-15-20(4)17-24(22)28/h5-12,14-15H,1,13,16-17H2,2-4H3/b8-6-,18-7-. The van der Waals surface area contributed by atoms with Crippen molar-refractivity contribution in [3.63, 3.8) is 0 Å². The van der Waals surface area contributed by atoms with Gasteiger partial charge in [0.1, 0.15) is 0 Å². The Balaban J connectivity index is 1.83. The average Bonchev–Trinajstić information content (AvgIpc) is 3.31. The van der Waals surface area contributed by atoms with Crippen molar-refractivity contribution in [2.45, 2.75) is 33.6 Å². The summed E-state index contributed by atoms with van der Waals surface area (Å²) in [7, 11) is 0. The molecule has 0 aliphatic heterocycles. The lowest BCUT2D eigenvalue weighted by Crippen LogP contribution is -2.20. The zero-order valence-corrected chi connectivity index (χ0v) is 21.5. The minimum absolute atomic E-state index is 0.808. The van der Waals surface area contributed by atoms with Crippen molar-refractivity contribution < 1.29 is 0 Å². The number of rotatable bonds is 6. The molecule has 0 fully saturated rings. The van der Waals surface area contributed by atoms with Crippen molar-refractivity contribution in [2.75, 3.05) is 11.4 Å². The van der Waals surface area contributed by atoms with Gasteiger partial charge in [0, 0.05) is 26.9 Å². The molecule has 0 heterocycles. The predicted octanol–water partition coefficient (Wildman–Crippen LogP) is 8.96. The summed E-state index contributed by atoms with van der Waals surface area (Å²) >= 11 is 7.52. The normalized spacial score (nSPS) is 15.1. The van der Waals surface area contributed by atoms with E-state index in [0.29, 0.717) is 0 Å². The van der Waals surface area contributed by atoms with Crippen molar-refractivity contribution in [1.29, 1.82) is 0 Å². The first-order chi connectivity index (χ1) is 14.9. The second kappa shape index (κ2) is 9.18. The predicted molar refractivity (Wildman–Crippen MR) is 143 cm³/mol. The van der Waals surface area contributed by atoms with E-state index in [4.69, 9.17) is 0 Å². The minimum atomic E-state index is 0.808. The minimum Gasteiger partial charge on any atom is -0.337 e. The van der Waals surface area contributed by atoms with E-state index in [0.717, 1.165) is 19.4 Å². The van der Waals surface area contributed by atoms with Crippen LogP contribution in [0.5, 0.6) is 0 Å². The molecule has 0 N–H and O–H groups in total. The summed E-state index contributed by atoms with van der Waals surface area (Å²) in [6.07, 6.45) is 14.9. The highest BCUT2D eigenvalue weighted by Gasteiger charge is 2.25. The highest BCUT2D eigenvalue weighted by Crippen LogP contribution is 2.44. The summed E-state index contributed by atoms with van der Waals surface area (Å²) in [6.45, 7) is 11.2. The van der Waals surface area contributed by atoms with Crippen LogP contribution in [0.15, 0.2) is 80.8 Å². The number of halogens is 2. The molecular weight excluding hydrogens is 510 g/mol. The van der Waals surface area contributed by atoms with Gasteiger partial charge >= 0.3 is 0 Å². The lowest BCUT2D eigenvalue weighted by Gasteiger charge is -2.29. The van der Waals surface area contributed by atoms with Gasteiger partial charge < -0.3 is 4.90 Å². The molecule has 0 unspecified atom stereocenters. The highest BCUT2D eigenvalue weighted by molar-refractivity contribution is 9.10. The Bertz CT molecular complexity index is 1100. The van der Waals surface area contributed by atoms with Crippen molar-refractivity contribution >= 4 is 55.4 Å². The number of hydrogen-bond acceptors (Lipinski definition) is 1. The molecule has 2 aliphatic carbocycles. The van der Waals surface area contributed by atoms with Crippen LogP contribution in [0.25, 0.3) is 12.2 Å². The summed E-state index contributed by atoms with van der Waals surface area (Å²) in [5.74, 6) is 0. The number of fused-ring (bicyclic) bond motifs is 2. The van der Waals surface area contributed by atoms with Crippen LogP contribution < -0.4 is 4.90 Å². The van der Waals surface area contributed by atoms with Gasteiger partial charge in [-0.2, -0.15) is 0 Å². The van der Waals surface area contributed by atoms with Gasteiger partial charge in [0.25, 0.3) is 0 Å². The molecule has 0 aromatic heterocycles. The molecule has 0 bridgehead atoms. The molecule has 31 heavy (non-hydrogen) atoms. The molecule has 0 saturated heterocycles.